The van der Waals surface area contributed by atoms with Gasteiger partial charge in [0, 0.05) is 25.6 Å². The number of nitrogens with zero attached hydrogens (tertiary/aromatic N) is 3. The standard InChI is InChI=1S/C13H22N4O/c1-10(11-5-6-11)14-7-9-17-13(18)16-8-3-2-4-12(16)15-17/h10-11,14H,2-9H2,1H3. The van der Waals surface area contributed by atoms with Gasteiger partial charge in [0.2, 0.25) is 0 Å². The average Bonchev–Trinajstić information content (AvgIpc) is 3.17. The Kier molecular flexibility index (Phi) is 3.24. The third-order valence-electron chi connectivity index (χ3n) is 4.15. The molecule has 0 aromatic carbocycles. The summed E-state index contributed by atoms with van der Waals surface area (Å²) >= 11 is 0. The largest absolute Gasteiger partial charge is 0.345 e. The lowest BCUT2D eigenvalue weighted by Crippen LogP contribution is -2.34. The summed E-state index contributed by atoms with van der Waals surface area (Å²) in [5.74, 6) is 1.83. The van der Waals surface area contributed by atoms with E-state index in [-0.39, 0.29) is 5.69 Å². The summed E-state index contributed by atoms with van der Waals surface area (Å²) in [6.07, 6.45) is 5.93. The van der Waals surface area contributed by atoms with Gasteiger partial charge < -0.3 is 5.32 Å². The quantitative estimate of drug-likeness (QED) is 0.840. The summed E-state index contributed by atoms with van der Waals surface area (Å²) in [5, 5.41) is 7.93. The van der Waals surface area contributed by atoms with Crippen LogP contribution in [-0.4, -0.2) is 26.9 Å². The molecule has 0 spiro atoms. The highest BCUT2D eigenvalue weighted by molar-refractivity contribution is 4.91. The van der Waals surface area contributed by atoms with Crippen molar-refractivity contribution in [2.45, 2.75) is 58.2 Å². The van der Waals surface area contributed by atoms with E-state index in [0.717, 1.165) is 44.1 Å². The highest BCUT2D eigenvalue weighted by atomic mass is 16.2. The lowest BCUT2D eigenvalue weighted by molar-refractivity contribution is 0.455. The number of aromatic nitrogens is 3. The number of nitrogens with one attached hydrogen (secondary N) is 1. The molecule has 2 aliphatic rings. The van der Waals surface area contributed by atoms with Crippen molar-refractivity contribution in [1.82, 2.24) is 19.7 Å². The second-order valence-electron chi connectivity index (χ2n) is 5.61. The third kappa shape index (κ3) is 2.36. The molecule has 1 aromatic heterocycles. The van der Waals surface area contributed by atoms with Crippen molar-refractivity contribution in [2.75, 3.05) is 6.54 Å². The molecular weight excluding hydrogens is 228 g/mol. The monoisotopic (exact) mass is 250 g/mol. The minimum Gasteiger partial charge on any atom is -0.312 e. The summed E-state index contributed by atoms with van der Waals surface area (Å²) in [4.78, 5) is 12.1. The fraction of sp³-hybridized carbons (Fsp3) is 0.846. The maximum Gasteiger partial charge on any atom is 0.345 e. The Bertz CT molecular complexity index is 472. The highest BCUT2D eigenvalue weighted by Crippen LogP contribution is 2.32. The minimum atomic E-state index is 0.0746. The Balaban J connectivity index is 1.58. The van der Waals surface area contributed by atoms with Crippen LogP contribution in [0, 0.1) is 5.92 Å². The van der Waals surface area contributed by atoms with Crippen LogP contribution in [0.15, 0.2) is 4.79 Å². The van der Waals surface area contributed by atoms with Crippen LogP contribution in [0.1, 0.15) is 38.4 Å². The molecular formula is C13H22N4O. The summed E-state index contributed by atoms with van der Waals surface area (Å²) in [6, 6.07) is 0.581. The van der Waals surface area contributed by atoms with Crippen LogP contribution in [0.4, 0.5) is 0 Å². The van der Waals surface area contributed by atoms with Crippen molar-refractivity contribution in [3.63, 3.8) is 0 Å². The van der Waals surface area contributed by atoms with Crippen molar-refractivity contribution in [3.8, 4) is 0 Å². The molecule has 18 heavy (non-hydrogen) atoms. The zero-order valence-corrected chi connectivity index (χ0v) is 11.1. The van der Waals surface area contributed by atoms with Gasteiger partial charge in [0.15, 0.2) is 0 Å². The molecule has 1 saturated carbocycles. The molecule has 5 heteroatoms. The summed E-state index contributed by atoms with van der Waals surface area (Å²) in [6.45, 7) is 4.61. The lowest BCUT2D eigenvalue weighted by Gasteiger charge is -2.11. The maximum absolute atomic E-state index is 12.1. The third-order valence-corrected chi connectivity index (χ3v) is 4.15. The Morgan fingerprint density at radius 1 is 1.44 bits per heavy atom. The van der Waals surface area contributed by atoms with E-state index < -0.39 is 0 Å². The van der Waals surface area contributed by atoms with Crippen LogP contribution in [0.25, 0.3) is 0 Å². The van der Waals surface area contributed by atoms with Gasteiger partial charge in [0.1, 0.15) is 5.82 Å². The molecule has 1 aliphatic heterocycles. The van der Waals surface area contributed by atoms with E-state index in [0.29, 0.717) is 12.6 Å². The zero-order valence-electron chi connectivity index (χ0n) is 11.1. The van der Waals surface area contributed by atoms with E-state index in [4.69, 9.17) is 0 Å². The van der Waals surface area contributed by atoms with Crippen LogP contribution in [0.5, 0.6) is 0 Å². The lowest BCUT2D eigenvalue weighted by atomic mass is 10.2. The second-order valence-corrected chi connectivity index (χ2v) is 5.61. The summed E-state index contributed by atoms with van der Waals surface area (Å²) < 4.78 is 3.47. The molecule has 1 aromatic rings. The van der Waals surface area contributed by atoms with Gasteiger partial charge >= 0.3 is 5.69 Å². The minimum absolute atomic E-state index is 0.0746. The molecule has 1 atom stereocenters. The molecule has 1 fully saturated rings. The van der Waals surface area contributed by atoms with Crippen LogP contribution in [-0.2, 0) is 19.5 Å². The summed E-state index contributed by atoms with van der Waals surface area (Å²) in [7, 11) is 0. The Morgan fingerprint density at radius 3 is 3.00 bits per heavy atom. The Hall–Kier alpha value is -1.10. The molecule has 0 radical (unpaired) electrons. The fourth-order valence-corrected chi connectivity index (χ4v) is 2.76. The van der Waals surface area contributed by atoms with Crippen molar-refractivity contribution < 1.29 is 0 Å². The molecule has 2 heterocycles. The molecule has 1 aliphatic carbocycles. The normalized spacial score (nSPS) is 20.7. The van der Waals surface area contributed by atoms with Gasteiger partial charge in [-0.3, -0.25) is 4.57 Å². The molecule has 0 bridgehead atoms. The molecule has 0 saturated heterocycles. The van der Waals surface area contributed by atoms with E-state index in [1.807, 2.05) is 4.57 Å². The Morgan fingerprint density at radius 2 is 2.28 bits per heavy atom. The van der Waals surface area contributed by atoms with E-state index in [9.17, 15) is 4.79 Å². The van der Waals surface area contributed by atoms with Crippen LogP contribution in [0.3, 0.4) is 0 Å². The first-order chi connectivity index (χ1) is 8.75. The number of hydrogen-bond donors (Lipinski definition) is 1. The maximum atomic E-state index is 12.1. The van der Waals surface area contributed by atoms with E-state index in [2.05, 4.69) is 17.3 Å². The first-order valence-corrected chi connectivity index (χ1v) is 7.15. The predicted octanol–water partition coefficient (Wildman–Crippen LogP) is 0.769. The highest BCUT2D eigenvalue weighted by Gasteiger charge is 2.27. The van der Waals surface area contributed by atoms with E-state index >= 15 is 0 Å². The SMILES string of the molecule is CC(NCCn1nc2n(c1=O)CCCC2)C1CC1. The topological polar surface area (TPSA) is 51.9 Å². The van der Waals surface area contributed by atoms with Crippen molar-refractivity contribution in [2.24, 2.45) is 5.92 Å². The molecule has 1 N–H and O–H groups in total. The average molecular weight is 250 g/mol. The molecule has 0 amide bonds. The first kappa shape index (κ1) is 12.0. The van der Waals surface area contributed by atoms with Crippen LogP contribution in [0.2, 0.25) is 0 Å². The zero-order chi connectivity index (χ0) is 12.5. The van der Waals surface area contributed by atoms with Gasteiger partial charge in [-0.25, -0.2) is 9.48 Å². The smallest absolute Gasteiger partial charge is 0.312 e. The van der Waals surface area contributed by atoms with Gasteiger partial charge in [-0.2, -0.15) is 5.10 Å². The van der Waals surface area contributed by atoms with Gasteiger partial charge in [0.25, 0.3) is 0 Å². The van der Waals surface area contributed by atoms with Gasteiger partial charge in [0.05, 0.1) is 6.54 Å². The van der Waals surface area contributed by atoms with Crippen molar-refractivity contribution >= 4 is 0 Å². The van der Waals surface area contributed by atoms with Gasteiger partial charge in [-0.15, -0.1) is 0 Å². The van der Waals surface area contributed by atoms with Gasteiger partial charge in [-0.1, -0.05) is 0 Å². The number of fused-ring (bicyclic) bond motifs is 1. The number of aryl methyl sites for hydroxylation is 1. The Labute approximate surface area is 107 Å². The molecule has 3 rings (SSSR count). The summed E-state index contributed by atoms with van der Waals surface area (Å²) in [5.41, 5.74) is 0.0746. The fourth-order valence-electron chi connectivity index (χ4n) is 2.76. The van der Waals surface area contributed by atoms with Crippen LogP contribution < -0.4 is 11.0 Å². The van der Waals surface area contributed by atoms with Gasteiger partial charge in [-0.05, 0) is 38.5 Å². The second kappa shape index (κ2) is 4.88. The molecule has 5 nitrogen and oxygen atoms in total. The molecule has 1 unspecified atom stereocenters. The number of rotatable bonds is 5. The van der Waals surface area contributed by atoms with E-state index in [1.54, 1.807) is 4.68 Å². The van der Waals surface area contributed by atoms with E-state index in [1.165, 1.54) is 12.8 Å². The predicted molar refractivity (Wildman–Crippen MR) is 69.6 cm³/mol. The first-order valence-electron chi connectivity index (χ1n) is 7.15. The number of hydrogen-bond acceptors (Lipinski definition) is 3. The van der Waals surface area contributed by atoms with Crippen molar-refractivity contribution in [3.05, 3.63) is 16.3 Å². The van der Waals surface area contributed by atoms with Crippen molar-refractivity contribution in [1.29, 1.82) is 0 Å². The van der Waals surface area contributed by atoms with Crippen LogP contribution >= 0.6 is 0 Å². The molecule has 100 valence electrons.